The summed E-state index contributed by atoms with van der Waals surface area (Å²) >= 11 is 0. The molecule has 3 rings (SSSR count). The van der Waals surface area contributed by atoms with E-state index in [4.69, 9.17) is 17.3 Å². The number of ether oxygens (including phenoxy) is 2. The van der Waals surface area contributed by atoms with Crippen molar-refractivity contribution in [1.82, 2.24) is 15.3 Å². The van der Waals surface area contributed by atoms with E-state index < -0.39 is 35.3 Å². The van der Waals surface area contributed by atoms with Crippen LogP contribution in [-0.4, -0.2) is 55.7 Å². The number of methoxy groups -OCH3 is 1. The number of aromatic nitrogens is 2. The number of nitrogens with zero attached hydrogens (tertiary/aromatic N) is 3. The molecule has 1 aliphatic heterocycles. The second-order valence-corrected chi connectivity index (χ2v) is 8.06. The fraction of sp³-hybridized carbons (Fsp3) is 0.450. The molecule has 2 radical (unpaired) electrons. The number of anilines is 1. The molecule has 1 fully saturated rings. The van der Waals surface area contributed by atoms with Crippen molar-refractivity contribution in [3.8, 4) is 5.88 Å². The summed E-state index contributed by atoms with van der Waals surface area (Å²) in [4.78, 5) is 22.6. The Hall–Kier alpha value is -2.91. The van der Waals surface area contributed by atoms with Gasteiger partial charge in [-0.25, -0.2) is 18.6 Å². The molecule has 7 nitrogen and oxygen atoms in total. The Labute approximate surface area is 175 Å². The number of nitrogens with one attached hydrogen (secondary N) is 1. The normalized spacial score (nSPS) is 18.9. The van der Waals surface area contributed by atoms with Crippen LogP contribution in [0.15, 0.2) is 24.4 Å². The summed E-state index contributed by atoms with van der Waals surface area (Å²) in [5.41, 5.74) is -0.271. The van der Waals surface area contributed by atoms with Crippen LogP contribution in [0, 0.1) is 11.6 Å². The number of carbonyl (C=O) groups excluding carboxylic acids is 1. The van der Waals surface area contributed by atoms with E-state index >= 15 is 0 Å². The summed E-state index contributed by atoms with van der Waals surface area (Å²) in [7, 11) is 7.21. The van der Waals surface area contributed by atoms with Gasteiger partial charge < -0.3 is 19.7 Å². The molecule has 1 N–H and O–H groups in total. The van der Waals surface area contributed by atoms with Crippen molar-refractivity contribution < 1.29 is 23.0 Å². The molecule has 1 aliphatic rings. The van der Waals surface area contributed by atoms with Gasteiger partial charge in [0.1, 0.15) is 25.1 Å². The lowest BCUT2D eigenvalue weighted by molar-refractivity contribution is 0.0504. The first kappa shape index (κ1) is 21.8. The third kappa shape index (κ3) is 4.98. The Morgan fingerprint density at radius 2 is 2.03 bits per heavy atom. The van der Waals surface area contributed by atoms with Gasteiger partial charge in [-0.1, -0.05) is 0 Å². The Bertz CT molecular complexity index is 939. The molecule has 0 aliphatic carbocycles. The van der Waals surface area contributed by atoms with Crippen molar-refractivity contribution in [1.29, 1.82) is 0 Å². The minimum Gasteiger partial charge on any atom is -0.481 e. The molecule has 2 atom stereocenters. The smallest absolute Gasteiger partial charge is 0.407 e. The van der Waals surface area contributed by atoms with Crippen molar-refractivity contribution in [3.63, 3.8) is 0 Å². The van der Waals surface area contributed by atoms with Gasteiger partial charge in [-0.15, -0.1) is 0 Å². The number of hydrogen-bond acceptors (Lipinski definition) is 6. The first-order valence-corrected chi connectivity index (χ1v) is 9.43. The van der Waals surface area contributed by atoms with Gasteiger partial charge in [0.25, 0.3) is 0 Å². The number of alkyl carbamates (subject to hydrolysis) is 1. The molecule has 1 aromatic carbocycles. The van der Waals surface area contributed by atoms with E-state index in [9.17, 15) is 13.6 Å². The zero-order chi connectivity index (χ0) is 22.1. The molecule has 1 aromatic heterocycles. The van der Waals surface area contributed by atoms with Gasteiger partial charge in [-0.3, -0.25) is 0 Å². The van der Waals surface area contributed by atoms with E-state index in [-0.39, 0.29) is 30.0 Å². The Kier molecular flexibility index (Phi) is 6.14. The number of halogens is 2. The molecule has 2 heterocycles. The summed E-state index contributed by atoms with van der Waals surface area (Å²) in [6.45, 7) is 5.73. The minimum absolute atomic E-state index is 0.154. The third-order valence-electron chi connectivity index (χ3n) is 4.62. The number of carbonyl (C=O) groups is 1. The monoisotopic (exact) mass is 416 g/mol. The maximum atomic E-state index is 14.5. The first-order chi connectivity index (χ1) is 14.1. The SMILES string of the molecule is [B]c1cnc(N2C[C@H](NC(=O)OC(C)(C)C)[C@@H](c3cc(F)ccc3F)C2)nc1OC. The van der Waals surface area contributed by atoms with Gasteiger partial charge >= 0.3 is 6.09 Å². The molecule has 0 spiro atoms. The van der Waals surface area contributed by atoms with E-state index in [1.807, 2.05) is 0 Å². The van der Waals surface area contributed by atoms with E-state index in [1.54, 1.807) is 25.7 Å². The van der Waals surface area contributed by atoms with E-state index in [2.05, 4.69) is 15.3 Å². The maximum absolute atomic E-state index is 14.5. The molecule has 0 bridgehead atoms. The van der Waals surface area contributed by atoms with Gasteiger partial charge in [-0.2, -0.15) is 4.98 Å². The molecule has 30 heavy (non-hydrogen) atoms. The Balaban J connectivity index is 1.91. The highest BCUT2D eigenvalue weighted by Gasteiger charge is 2.38. The van der Waals surface area contributed by atoms with Crippen LogP contribution in [0.4, 0.5) is 19.5 Å². The molecule has 158 valence electrons. The topological polar surface area (TPSA) is 76.6 Å². The molecular formula is C20H23BF2N4O3. The van der Waals surface area contributed by atoms with Crippen LogP contribution in [0.2, 0.25) is 0 Å². The van der Waals surface area contributed by atoms with Crippen LogP contribution in [0.25, 0.3) is 0 Å². The highest BCUT2D eigenvalue weighted by atomic mass is 19.1. The van der Waals surface area contributed by atoms with Gasteiger partial charge in [0.15, 0.2) is 0 Å². The van der Waals surface area contributed by atoms with Crippen LogP contribution >= 0.6 is 0 Å². The summed E-state index contributed by atoms with van der Waals surface area (Å²) in [5.74, 6) is -1.17. The van der Waals surface area contributed by atoms with Crippen LogP contribution < -0.4 is 20.4 Å². The van der Waals surface area contributed by atoms with Crippen molar-refractivity contribution in [2.45, 2.75) is 38.3 Å². The molecule has 2 aromatic rings. The molecular weight excluding hydrogens is 393 g/mol. The van der Waals surface area contributed by atoms with Gasteiger partial charge in [0.2, 0.25) is 11.8 Å². The zero-order valence-corrected chi connectivity index (χ0v) is 17.3. The van der Waals surface area contributed by atoms with E-state index in [0.717, 1.165) is 18.2 Å². The predicted octanol–water partition coefficient (Wildman–Crippen LogP) is 2.05. The van der Waals surface area contributed by atoms with Gasteiger partial charge in [-0.05, 0) is 50.0 Å². The van der Waals surface area contributed by atoms with E-state index in [1.165, 1.54) is 13.3 Å². The lowest BCUT2D eigenvalue weighted by Crippen LogP contribution is -2.43. The van der Waals surface area contributed by atoms with Crippen LogP contribution in [-0.2, 0) is 4.74 Å². The molecule has 1 saturated heterocycles. The quantitative estimate of drug-likeness (QED) is 0.770. The summed E-state index contributed by atoms with van der Waals surface area (Å²) < 4.78 is 38.8. The average molecular weight is 416 g/mol. The molecule has 1 amide bonds. The first-order valence-electron chi connectivity index (χ1n) is 9.43. The van der Waals surface area contributed by atoms with Crippen molar-refractivity contribution in [2.24, 2.45) is 0 Å². The fourth-order valence-corrected chi connectivity index (χ4v) is 3.37. The largest absolute Gasteiger partial charge is 0.481 e. The van der Waals surface area contributed by atoms with Crippen molar-refractivity contribution in [3.05, 3.63) is 41.6 Å². The molecule has 0 unspecified atom stereocenters. The number of hydrogen-bond donors (Lipinski definition) is 1. The van der Waals surface area contributed by atoms with Crippen LogP contribution in [0.5, 0.6) is 5.88 Å². The lowest BCUT2D eigenvalue weighted by atomic mass is 9.94. The van der Waals surface area contributed by atoms with Crippen molar-refractivity contribution >= 4 is 25.4 Å². The Morgan fingerprint density at radius 1 is 1.30 bits per heavy atom. The molecule has 0 saturated carbocycles. The minimum atomic E-state index is -0.699. The standard InChI is InChI=1S/C20H23BF2N4O3/c1-20(2,3)30-19(28)25-16-10-27(18-24-8-14(21)17(26-18)29-4)9-13(16)12-7-11(22)5-6-15(12)23/h5-8,13,16H,9-10H2,1-4H3,(H,25,28)/t13-,16+/m1/s1. The van der Waals surface area contributed by atoms with Crippen molar-refractivity contribution in [2.75, 3.05) is 25.1 Å². The highest BCUT2D eigenvalue weighted by molar-refractivity contribution is 6.33. The number of benzene rings is 1. The summed E-state index contributed by atoms with van der Waals surface area (Å²) in [5, 5.41) is 2.77. The van der Waals surface area contributed by atoms with Gasteiger partial charge in [0, 0.05) is 25.2 Å². The average Bonchev–Trinajstić information content (AvgIpc) is 3.06. The van der Waals surface area contributed by atoms with E-state index in [0.29, 0.717) is 5.95 Å². The number of rotatable bonds is 4. The second kappa shape index (κ2) is 8.45. The fourth-order valence-electron chi connectivity index (χ4n) is 3.37. The predicted molar refractivity (Wildman–Crippen MR) is 108 cm³/mol. The maximum Gasteiger partial charge on any atom is 0.407 e. The number of amides is 1. The van der Waals surface area contributed by atoms with Crippen LogP contribution in [0.3, 0.4) is 0 Å². The second-order valence-electron chi connectivity index (χ2n) is 8.06. The summed E-state index contributed by atoms with van der Waals surface area (Å²) in [6.07, 6.45) is 0.764. The molecule has 10 heteroatoms. The Morgan fingerprint density at radius 3 is 2.70 bits per heavy atom. The lowest BCUT2D eigenvalue weighted by Gasteiger charge is -2.24. The van der Waals surface area contributed by atoms with Crippen LogP contribution in [0.1, 0.15) is 32.3 Å². The highest BCUT2D eigenvalue weighted by Crippen LogP contribution is 2.32. The summed E-state index contributed by atoms with van der Waals surface area (Å²) in [6, 6.07) is 2.69. The third-order valence-corrected chi connectivity index (χ3v) is 4.62. The van der Waals surface area contributed by atoms with Gasteiger partial charge in [0.05, 0.1) is 13.2 Å². The zero-order valence-electron chi connectivity index (χ0n) is 17.3.